The molecule has 3 N–H and O–H groups in total. The molecule has 0 amide bonds. The lowest BCUT2D eigenvalue weighted by Crippen LogP contribution is -2.25. The van der Waals surface area contributed by atoms with E-state index >= 15 is 0 Å². The third kappa shape index (κ3) is 2.42. The van der Waals surface area contributed by atoms with E-state index in [2.05, 4.69) is 19.2 Å². The van der Waals surface area contributed by atoms with Crippen molar-refractivity contribution in [2.45, 2.75) is 39.2 Å². The van der Waals surface area contributed by atoms with Crippen molar-refractivity contribution in [1.29, 1.82) is 0 Å². The number of nitrogen functional groups attached to an aromatic ring is 1. The molecule has 18 heavy (non-hydrogen) atoms. The second kappa shape index (κ2) is 5.12. The first-order chi connectivity index (χ1) is 8.52. The lowest BCUT2D eigenvalue weighted by Gasteiger charge is -2.23. The van der Waals surface area contributed by atoms with E-state index in [4.69, 9.17) is 5.73 Å². The molecule has 100 valence electrons. The third-order valence-corrected chi connectivity index (χ3v) is 4.19. The number of hydrogen-bond donors (Lipinski definition) is 2. The molecule has 1 aromatic carbocycles. The minimum atomic E-state index is -0.699. The van der Waals surface area contributed by atoms with Gasteiger partial charge in [-0.15, -0.1) is 0 Å². The van der Waals surface area contributed by atoms with Gasteiger partial charge in [-0.2, -0.15) is 0 Å². The van der Waals surface area contributed by atoms with E-state index in [1.165, 1.54) is 6.07 Å². The minimum Gasteiger partial charge on any atom is -0.395 e. The highest BCUT2D eigenvalue weighted by Crippen LogP contribution is 2.37. The third-order valence-electron chi connectivity index (χ3n) is 4.19. The topological polar surface area (TPSA) is 38.0 Å². The van der Waals surface area contributed by atoms with Crippen LogP contribution in [0.25, 0.3) is 0 Å². The van der Waals surface area contributed by atoms with E-state index in [0.717, 1.165) is 25.3 Å². The highest BCUT2D eigenvalue weighted by Gasteiger charge is 2.31. The standard InChI is InChI=1S/C14H20F2N2/c1-3-9-4-5-12(8(9)2)18-13-7-10(15)6-11(16)14(13)17/h6-9,12,18H,3-5,17H2,1-2H3. The van der Waals surface area contributed by atoms with Crippen LogP contribution in [0.3, 0.4) is 0 Å². The second-order valence-corrected chi connectivity index (χ2v) is 5.20. The lowest BCUT2D eigenvalue weighted by molar-refractivity contribution is 0.392. The Balaban J connectivity index is 2.15. The summed E-state index contributed by atoms with van der Waals surface area (Å²) in [6, 6.07) is 2.33. The van der Waals surface area contributed by atoms with E-state index in [9.17, 15) is 8.78 Å². The average Bonchev–Trinajstić information content (AvgIpc) is 2.67. The Morgan fingerprint density at radius 2 is 2.06 bits per heavy atom. The van der Waals surface area contributed by atoms with Crippen LogP contribution in [0.15, 0.2) is 12.1 Å². The monoisotopic (exact) mass is 254 g/mol. The number of halogens is 2. The van der Waals surface area contributed by atoms with Gasteiger partial charge in [0.2, 0.25) is 0 Å². The fourth-order valence-electron chi connectivity index (χ4n) is 2.93. The van der Waals surface area contributed by atoms with Crippen molar-refractivity contribution in [3.05, 3.63) is 23.8 Å². The Morgan fingerprint density at radius 3 is 2.67 bits per heavy atom. The van der Waals surface area contributed by atoms with Crippen molar-refractivity contribution in [3.8, 4) is 0 Å². The molecule has 0 radical (unpaired) electrons. The first-order valence-corrected chi connectivity index (χ1v) is 6.54. The van der Waals surface area contributed by atoms with Crippen molar-refractivity contribution in [3.63, 3.8) is 0 Å². The summed E-state index contributed by atoms with van der Waals surface area (Å²) in [5.41, 5.74) is 6.02. The molecule has 0 bridgehead atoms. The lowest BCUT2D eigenvalue weighted by atomic mass is 9.93. The molecule has 0 saturated heterocycles. The van der Waals surface area contributed by atoms with Crippen molar-refractivity contribution in [1.82, 2.24) is 0 Å². The molecule has 1 saturated carbocycles. The summed E-state index contributed by atoms with van der Waals surface area (Å²) in [7, 11) is 0. The van der Waals surface area contributed by atoms with Crippen LogP contribution in [0.4, 0.5) is 20.2 Å². The van der Waals surface area contributed by atoms with Crippen molar-refractivity contribution in [2.75, 3.05) is 11.1 Å². The molecule has 4 heteroatoms. The van der Waals surface area contributed by atoms with Crippen LogP contribution < -0.4 is 11.1 Å². The Bertz CT molecular complexity index is 434. The molecule has 1 aromatic rings. The first-order valence-electron chi connectivity index (χ1n) is 6.54. The van der Waals surface area contributed by atoms with Gasteiger partial charge in [0.25, 0.3) is 0 Å². The summed E-state index contributed by atoms with van der Waals surface area (Å²) >= 11 is 0. The maximum atomic E-state index is 13.3. The number of benzene rings is 1. The summed E-state index contributed by atoms with van der Waals surface area (Å²) in [5.74, 6) is -0.111. The number of anilines is 2. The van der Waals surface area contributed by atoms with Gasteiger partial charge in [0.1, 0.15) is 5.82 Å². The van der Waals surface area contributed by atoms with Crippen LogP contribution in [0.2, 0.25) is 0 Å². The van der Waals surface area contributed by atoms with Crippen molar-refractivity contribution >= 4 is 11.4 Å². The predicted molar refractivity (Wildman–Crippen MR) is 70.4 cm³/mol. The summed E-state index contributed by atoms with van der Waals surface area (Å²) in [4.78, 5) is 0. The molecule has 1 aliphatic carbocycles. The van der Waals surface area contributed by atoms with E-state index in [1.54, 1.807) is 0 Å². The van der Waals surface area contributed by atoms with Crippen LogP contribution >= 0.6 is 0 Å². The first kappa shape index (κ1) is 13.1. The van der Waals surface area contributed by atoms with Gasteiger partial charge in [-0.25, -0.2) is 8.78 Å². The van der Waals surface area contributed by atoms with E-state index in [1.807, 2.05) is 0 Å². The van der Waals surface area contributed by atoms with Gasteiger partial charge in [0.15, 0.2) is 5.82 Å². The zero-order valence-corrected chi connectivity index (χ0v) is 10.8. The Kier molecular flexibility index (Phi) is 3.73. The Labute approximate surface area is 107 Å². The largest absolute Gasteiger partial charge is 0.395 e. The van der Waals surface area contributed by atoms with Crippen LogP contribution in [0.5, 0.6) is 0 Å². The molecular formula is C14H20F2N2. The minimum absolute atomic E-state index is 0.00329. The van der Waals surface area contributed by atoms with E-state index < -0.39 is 11.6 Å². The van der Waals surface area contributed by atoms with Crippen molar-refractivity contribution in [2.24, 2.45) is 11.8 Å². The van der Waals surface area contributed by atoms with Crippen LogP contribution in [-0.2, 0) is 0 Å². The quantitative estimate of drug-likeness (QED) is 0.805. The SMILES string of the molecule is CCC1CCC(Nc2cc(F)cc(F)c2N)C1C. The second-order valence-electron chi connectivity index (χ2n) is 5.20. The maximum absolute atomic E-state index is 13.3. The molecule has 0 aromatic heterocycles. The predicted octanol–water partition coefficient (Wildman–Crippen LogP) is 3.78. The zero-order chi connectivity index (χ0) is 13.3. The Morgan fingerprint density at radius 1 is 1.33 bits per heavy atom. The van der Waals surface area contributed by atoms with Gasteiger partial charge in [-0.1, -0.05) is 20.3 Å². The van der Waals surface area contributed by atoms with Gasteiger partial charge in [0, 0.05) is 12.1 Å². The molecule has 1 aliphatic rings. The molecule has 0 spiro atoms. The number of hydrogen-bond acceptors (Lipinski definition) is 2. The highest BCUT2D eigenvalue weighted by molar-refractivity contribution is 5.67. The molecule has 2 nitrogen and oxygen atoms in total. The van der Waals surface area contributed by atoms with Crippen molar-refractivity contribution < 1.29 is 8.78 Å². The van der Waals surface area contributed by atoms with Crippen LogP contribution in [0.1, 0.15) is 33.1 Å². The van der Waals surface area contributed by atoms with Gasteiger partial charge in [-0.05, 0) is 30.7 Å². The fourth-order valence-corrected chi connectivity index (χ4v) is 2.93. The molecule has 3 atom stereocenters. The summed E-state index contributed by atoms with van der Waals surface area (Å²) in [6.07, 6.45) is 3.33. The maximum Gasteiger partial charge on any atom is 0.151 e. The smallest absolute Gasteiger partial charge is 0.151 e. The molecule has 0 aliphatic heterocycles. The summed E-state index contributed by atoms with van der Waals surface area (Å²) in [5, 5.41) is 3.20. The molecule has 3 unspecified atom stereocenters. The molecular weight excluding hydrogens is 234 g/mol. The molecule has 1 fully saturated rings. The van der Waals surface area contributed by atoms with Crippen LogP contribution in [-0.4, -0.2) is 6.04 Å². The molecule has 0 heterocycles. The number of nitrogens with two attached hydrogens (primary N) is 1. The zero-order valence-electron chi connectivity index (χ0n) is 10.8. The van der Waals surface area contributed by atoms with E-state index in [-0.39, 0.29) is 11.7 Å². The summed E-state index contributed by atoms with van der Waals surface area (Å²) in [6.45, 7) is 4.37. The van der Waals surface area contributed by atoms with Crippen LogP contribution in [0, 0.1) is 23.5 Å². The number of nitrogens with one attached hydrogen (secondary N) is 1. The van der Waals surface area contributed by atoms with E-state index in [0.29, 0.717) is 17.5 Å². The molecule has 2 rings (SSSR count). The fraction of sp³-hybridized carbons (Fsp3) is 0.571. The van der Waals surface area contributed by atoms with Gasteiger partial charge < -0.3 is 11.1 Å². The van der Waals surface area contributed by atoms with Gasteiger partial charge >= 0.3 is 0 Å². The Hall–Kier alpha value is -1.32. The number of rotatable bonds is 3. The highest BCUT2D eigenvalue weighted by atomic mass is 19.1. The average molecular weight is 254 g/mol. The van der Waals surface area contributed by atoms with Gasteiger partial charge in [-0.3, -0.25) is 0 Å². The normalized spacial score (nSPS) is 27.4. The van der Waals surface area contributed by atoms with Gasteiger partial charge in [0.05, 0.1) is 11.4 Å². The summed E-state index contributed by atoms with van der Waals surface area (Å²) < 4.78 is 26.5.